The van der Waals surface area contributed by atoms with Gasteiger partial charge in [0.05, 0.1) is 5.56 Å². The molecule has 3 rings (SSSR count). The summed E-state index contributed by atoms with van der Waals surface area (Å²) in [6.45, 7) is 0. The summed E-state index contributed by atoms with van der Waals surface area (Å²) < 4.78 is 19.6. The minimum Gasteiger partial charge on any atom is -0.436 e. The van der Waals surface area contributed by atoms with E-state index in [-0.39, 0.29) is 22.9 Å². The molecule has 0 aliphatic heterocycles. The fourth-order valence-electron chi connectivity index (χ4n) is 1.96. The first-order valence-electron chi connectivity index (χ1n) is 6.06. The highest BCUT2D eigenvalue weighted by atomic mass is 19.1. The van der Waals surface area contributed by atoms with Gasteiger partial charge in [0.1, 0.15) is 11.3 Å². The monoisotopic (exact) mass is 270 g/mol. The summed E-state index contributed by atoms with van der Waals surface area (Å²) in [5.41, 5.74) is 1.74. The van der Waals surface area contributed by atoms with Gasteiger partial charge in [-0.2, -0.15) is 0 Å². The Kier molecular flexibility index (Phi) is 2.95. The van der Waals surface area contributed by atoms with Gasteiger partial charge in [0, 0.05) is 12.6 Å². The molecule has 0 spiro atoms. The molecule has 1 aromatic heterocycles. The highest BCUT2D eigenvalue weighted by Gasteiger charge is 2.14. The third-order valence-electron chi connectivity index (χ3n) is 2.98. The molecule has 5 heteroatoms. The lowest BCUT2D eigenvalue weighted by molar-refractivity contribution is 0.0962. The van der Waals surface area contributed by atoms with Crippen LogP contribution >= 0.6 is 0 Å². The minimum atomic E-state index is -0.544. The molecule has 0 aliphatic rings. The quantitative estimate of drug-likeness (QED) is 0.778. The number of carbonyl (C=O) groups excluding carboxylic acids is 1. The van der Waals surface area contributed by atoms with Crippen molar-refractivity contribution in [2.75, 3.05) is 7.05 Å². The van der Waals surface area contributed by atoms with Crippen LogP contribution in [-0.4, -0.2) is 17.9 Å². The minimum absolute atomic E-state index is 0.201. The zero-order chi connectivity index (χ0) is 14.1. The lowest BCUT2D eigenvalue weighted by Gasteiger charge is -2.02. The predicted octanol–water partition coefficient (Wildman–Crippen LogP) is 2.99. The summed E-state index contributed by atoms with van der Waals surface area (Å²) in [6, 6.07) is 11.4. The number of halogens is 1. The van der Waals surface area contributed by atoms with Crippen molar-refractivity contribution in [3.05, 3.63) is 53.8 Å². The van der Waals surface area contributed by atoms with Gasteiger partial charge < -0.3 is 9.73 Å². The Morgan fingerprint density at radius 2 is 2.05 bits per heavy atom. The number of para-hydroxylation sites is 2. The van der Waals surface area contributed by atoms with Gasteiger partial charge in [-0.3, -0.25) is 4.79 Å². The Morgan fingerprint density at radius 3 is 2.75 bits per heavy atom. The molecule has 0 fully saturated rings. The Hall–Kier alpha value is -2.69. The van der Waals surface area contributed by atoms with Crippen LogP contribution in [0.25, 0.3) is 22.6 Å². The van der Waals surface area contributed by atoms with Gasteiger partial charge in [-0.15, -0.1) is 0 Å². The van der Waals surface area contributed by atoms with E-state index < -0.39 is 5.82 Å². The summed E-state index contributed by atoms with van der Waals surface area (Å²) in [7, 11) is 1.49. The summed E-state index contributed by atoms with van der Waals surface area (Å²) in [4.78, 5) is 15.7. The zero-order valence-corrected chi connectivity index (χ0v) is 10.7. The van der Waals surface area contributed by atoms with Crippen molar-refractivity contribution in [2.24, 2.45) is 0 Å². The van der Waals surface area contributed by atoms with Gasteiger partial charge in [-0.25, -0.2) is 9.37 Å². The molecular weight excluding hydrogens is 259 g/mol. The summed E-state index contributed by atoms with van der Waals surface area (Å²) >= 11 is 0. The van der Waals surface area contributed by atoms with E-state index in [4.69, 9.17) is 4.42 Å². The molecule has 1 heterocycles. The molecule has 0 unspecified atom stereocenters. The molecule has 4 nitrogen and oxygen atoms in total. The number of benzene rings is 2. The maximum absolute atomic E-state index is 14.1. The van der Waals surface area contributed by atoms with E-state index in [0.29, 0.717) is 11.1 Å². The average molecular weight is 270 g/mol. The lowest BCUT2D eigenvalue weighted by Crippen LogP contribution is -2.17. The van der Waals surface area contributed by atoms with E-state index in [9.17, 15) is 9.18 Å². The topological polar surface area (TPSA) is 55.1 Å². The van der Waals surface area contributed by atoms with Crippen molar-refractivity contribution in [1.29, 1.82) is 0 Å². The molecule has 2 aromatic carbocycles. The summed E-state index contributed by atoms with van der Waals surface area (Å²) in [5, 5.41) is 2.44. The first-order chi connectivity index (χ1) is 9.69. The normalized spacial score (nSPS) is 10.7. The first-order valence-corrected chi connectivity index (χ1v) is 6.06. The van der Waals surface area contributed by atoms with Crippen LogP contribution in [0.4, 0.5) is 4.39 Å². The maximum atomic E-state index is 14.1. The van der Waals surface area contributed by atoms with Crippen molar-refractivity contribution < 1.29 is 13.6 Å². The van der Waals surface area contributed by atoms with Crippen LogP contribution in [-0.2, 0) is 0 Å². The molecule has 0 saturated heterocycles. The molecule has 100 valence electrons. The molecular formula is C15H11FN2O2. The Labute approximate surface area is 114 Å². The molecule has 1 N–H and O–H groups in total. The molecule has 0 saturated carbocycles. The SMILES string of the molecule is CNC(=O)c1ccc(-c2nc3ccccc3o2)c(F)c1. The predicted molar refractivity (Wildman–Crippen MR) is 72.8 cm³/mol. The maximum Gasteiger partial charge on any atom is 0.251 e. The second kappa shape index (κ2) is 4.77. The van der Waals surface area contributed by atoms with E-state index in [2.05, 4.69) is 10.3 Å². The van der Waals surface area contributed by atoms with Crippen LogP contribution in [0.15, 0.2) is 46.9 Å². The van der Waals surface area contributed by atoms with Crippen LogP contribution in [0.5, 0.6) is 0 Å². The van der Waals surface area contributed by atoms with Crippen LogP contribution in [0.1, 0.15) is 10.4 Å². The van der Waals surface area contributed by atoms with Crippen molar-refractivity contribution in [3.8, 4) is 11.5 Å². The lowest BCUT2D eigenvalue weighted by atomic mass is 10.1. The molecule has 0 bridgehead atoms. The van der Waals surface area contributed by atoms with Crippen molar-refractivity contribution in [3.63, 3.8) is 0 Å². The highest BCUT2D eigenvalue weighted by molar-refractivity contribution is 5.94. The highest BCUT2D eigenvalue weighted by Crippen LogP contribution is 2.26. The molecule has 0 atom stereocenters. The Balaban J connectivity index is 2.07. The number of amides is 1. The number of fused-ring (bicyclic) bond motifs is 1. The van der Waals surface area contributed by atoms with Crippen molar-refractivity contribution >= 4 is 17.0 Å². The van der Waals surface area contributed by atoms with E-state index >= 15 is 0 Å². The fraction of sp³-hybridized carbons (Fsp3) is 0.0667. The standard InChI is InChI=1S/C15H11FN2O2/c1-17-14(19)9-6-7-10(11(16)8-9)15-18-12-4-2-3-5-13(12)20-15/h2-8H,1H3,(H,17,19). The smallest absolute Gasteiger partial charge is 0.251 e. The largest absolute Gasteiger partial charge is 0.436 e. The van der Waals surface area contributed by atoms with Gasteiger partial charge in [-0.1, -0.05) is 12.1 Å². The van der Waals surface area contributed by atoms with Crippen molar-refractivity contribution in [1.82, 2.24) is 10.3 Å². The molecule has 0 radical (unpaired) electrons. The van der Waals surface area contributed by atoms with Crippen molar-refractivity contribution in [2.45, 2.75) is 0 Å². The van der Waals surface area contributed by atoms with Crippen LogP contribution < -0.4 is 5.32 Å². The number of hydrogen-bond donors (Lipinski definition) is 1. The Morgan fingerprint density at radius 1 is 1.25 bits per heavy atom. The second-order valence-corrected chi connectivity index (χ2v) is 4.26. The number of rotatable bonds is 2. The van der Waals surface area contributed by atoms with E-state index in [0.717, 1.165) is 0 Å². The summed E-state index contributed by atoms with van der Waals surface area (Å²) in [5.74, 6) is -0.683. The van der Waals surface area contributed by atoms with Gasteiger partial charge in [-0.05, 0) is 30.3 Å². The van der Waals surface area contributed by atoms with Crippen LogP contribution in [0.3, 0.4) is 0 Å². The number of nitrogens with zero attached hydrogens (tertiary/aromatic N) is 1. The number of nitrogens with one attached hydrogen (secondary N) is 1. The molecule has 1 amide bonds. The van der Waals surface area contributed by atoms with E-state index in [1.807, 2.05) is 12.1 Å². The van der Waals surface area contributed by atoms with Crippen LogP contribution in [0.2, 0.25) is 0 Å². The average Bonchev–Trinajstić information content (AvgIpc) is 2.89. The van der Waals surface area contributed by atoms with E-state index in [1.54, 1.807) is 12.1 Å². The van der Waals surface area contributed by atoms with Gasteiger partial charge in [0.2, 0.25) is 5.89 Å². The second-order valence-electron chi connectivity index (χ2n) is 4.26. The third-order valence-corrected chi connectivity index (χ3v) is 2.98. The first kappa shape index (κ1) is 12.3. The Bertz CT molecular complexity index is 762. The fourth-order valence-corrected chi connectivity index (χ4v) is 1.96. The number of hydrogen-bond acceptors (Lipinski definition) is 3. The molecule has 0 aliphatic carbocycles. The van der Waals surface area contributed by atoms with E-state index in [1.165, 1.54) is 25.2 Å². The van der Waals surface area contributed by atoms with Gasteiger partial charge in [0.15, 0.2) is 5.58 Å². The number of oxazole rings is 1. The molecule has 20 heavy (non-hydrogen) atoms. The van der Waals surface area contributed by atoms with Crippen LogP contribution in [0, 0.1) is 5.82 Å². The summed E-state index contributed by atoms with van der Waals surface area (Å²) in [6.07, 6.45) is 0. The zero-order valence-electron chi connectivity index (χ0n) is 10.7. The number of aromatic nitrogens is 1. The number of carbonyl (C=O) groups is 1. The third kappa shape index (κ3) is 2.03. The van der Waals surface area contributed by atoms with Gasteiger partial charge >= 0.3 is 0 Å². The molecule has 3 aromatic rings. The van der Waals surface area contributed by atoms with Gasteiger partial charge in [0.25, 0.3) is 5.91 Å².